The molecule has 2 heteroatoms. The average Bonchev–Trinajstić information content (AvgIpc) is 2.83. The molecule has 0 heterocycles. The second kappa shape index (κ2) is 3.25. The summed E-state index contributed by atoms with van der Waals surface area (Å²) in [5.74, 6) is 0.597. The SMILES string of the molecule is CC1(C)CCC(C(=O)O)C(C2CC2)C1. The van der Waals surface area contributed by atoms with Gasteiger partial charge in [0.2, 0.25) is 0 Å². The molecule has 2 aliphatic carbocycles. The smallest absolute Gasteiger partial charge is 0.306 e. The molecule has 0 aliphatic heterocycles. The van der Waals surface area contributed by atoms with Crippen molar-refractivity contribution in [1.82, 2.24) is 0 Å². The first-order chi connectivity index (χ1) is 6.49. The lowest BCUT2D eigenvalue weighted by atomic mass is 9.65. The molecule has 0 radical (unpaired) electrons. The van der Waals surface area contributed by atoms with Crippen molar-refractivity contribution in [2.45, 2.75) is 46.0 Å². The molecule has 2 atom stereocenters. The van der Waals surface area contributed by atoms with E-state index in [0.29, 0.717) is 11.3 Å². The zero-order valence-electron chi connectivity index (χ0n) is 9.12. The van der Waals surface area contributed by atoms with Gasteiger partial charge in [-0.3, -0.25) is 4.79 Å². The van der Waals surface area contributed by atoms with Gasteiger partial charge in [0.05, 0.1) is 5.92 Å². The molecule has 2 rings (SSSR count). The lowest BCUT2D eigenvalue weighted by Crippen LogP contribution is -2.35. The first kappa shape index (κ1) is 10.0. The molecule has 0 aromatic rings. The van der Waals surface area contributed by atoms with Crippen LogP contribution in [0.3, 0.4) is 0 Å². The summed E-state index contributed by atoms with van der Waals surface area (Å²) < 4.78 is 0. The molecule has 80 valence electrons. The summed E-state index contributed by atoms with van der Waals surface area (Å²) in [6, 6.07) is 0. The third-order valence-electron chi connectivity index (χ3n) is 3.98. The minimum absolute atomic E-state index is 0.0458. The molecule has 1 N–H and O–H groups in total. The summed E-state index contributed by atoms with van der Waals surface area (Å²) in [6.45, 7) is 4.56. The highest BCUT2D eigenvalue weighted by atomic mass is 16.4. The van der Waals surface area contributed by atoms with Gasteiger partial charge in [0, 0.05) is 0 Å². The predicted molar refractivity (Wildman–Crippen MR) is 55.0 cm³/mol. The van der Waals surface area contributed by atoms with Crippen molar-refractivity contribution in [3.05, 3.63) is 0 Å². The molecule has 2 nitrogen and oxygen atoms in total. The van der Waals surface area contributed by atoms with E-state index >= 15 is 0 Å². The van der Waals surface area contributed by atoms with Crippen LogP contribution < -0.4 is 0 Å². The second-order valence-corrected chi connectivity index (χ2v) is 5.85. The highest BCUT2D eigenvalue weighted by molar-refractivity contribution is 5.70. The van der Waals surface area contributed by atoms with E-state index in [9.17, 15) is 4.79 Å². The van der Waals surface area contributed by atoms with E-state index in [0.717, 1.165) is 25.2 Å². The molecule has 0 aromatic heterocycles. The standard InChI is InChI=1S/C12H20O2/c1-12(2)6-5-9(11(13)14)10(7-12)8-3-4-8/h8-10H,3-7H2,1-2H3,(H,13,14). The Labute approximate surface area is 85.7 Å². The van der Waals surface area contributed by atoms with E-state index in [1.54, 1.807) is 0 Å². The van der Waals surface area contributed by atoms with Crippen LogP contribution in [0.2, 0.25) is 0 Å². The summed E-state index contributed by atoms with van der Waals surface area (Å²) in [5.41, 5.74) is 0.374. The predicted octanol–water partition coefficient (Wildman–Crippen LogP) is 2.92. The van der Waals surface area contributed by atoms with Crippen LogP contribution in [0.5, 0.6) is 0 Å². The minimum Gasteiger partial charge on any atom is -0.481 e. The maximum atomic E-state index is 11.1. The quantitative estimate of drug-likeness (QED) is 0.737. The summed E-state index contributed by atoms with van der Waals surface area (Å²) in [5, 5.41) is 9.16. The van der Waals surface area contributed by atoms with Crippen molar-refractivity contribution in [3.8, 4) is 0 Å². The van der Waals surface area contributed by atoms with Crippen molar-refractivity contribution in [2.24, 2.45) is 23.2 Å². The van der Waals surface area contributed by atoms with Gasteiger partial charge < -0.3 is 5.11 Å². The number of rotatable bonds is 2. The van der Waals surface area contributed by atoms with Crippen molar-refractivity contribution < 1.29 is 9.90 Å². The molecule has 2 fully saturated rings. The van der Waals surface area contributed by atoms with Gasteiger partial charge in [-0.1, -0.05) is 13.8 Å². The van der Waals surface area contributed by atoms with Crippen LogP contribution in [0.1, 0.15) is 46.0 Å². The Morgan fingerprint density at radius 1 is 1.29 bits per heavy atom. The van der Waals surface area contributed by atoms with Crippen LogP contribution in [-0.2, 0) is 4.79 Å². The summed E-state index contributed by atoms with van der Waals surface area (Å²) >= 11 is 0. The van der Waals surface area contributed by atoms with E-state index in [4.69, 9.17) is 5.11 Å². The fourth-order valence-corrected chi connectivity index (χ4v) is 2.97. The van der Waals surface area contributed by atoms with Crippen LogP contribution in [0.15, 0.2) is 0 Å². The Morgan fingerprint density at radius 2 is 1.93 bits per heavy atom. The lowest BCUT2D eigenvalue weighted by molar-refractivity contribution is -0.146. The molecular formula is C12H20O2. The summed E-state index contributed by atoms with van der Waals surface area (Å²) in [7, 11) is 0. The fourth-order valence-electron chi connectivity index (χ4n) is 2.97. The number of carboxylic acid groups (broad SMARTS) is 1. The number of hydrogen-bond donors (Lipinski definition) is 1. The Kier molecular flexibility index (Phi) is 2.32. The van der Waals surface area contributed by atoms with Gasteiger partial charge in [-0.15, -0.1) is 0 Å². The number of aliphatic carboxylic acids is 1. The minimum atomic E-state index is -0.558. The van der Waals surface area contributed by atoms with Gasteiger partial charge in [-0.25, -0.2) is 0 Å². The van der Waals surface area contributed by atoms with E-state index in [1.165, 1.54) is 12.8 Å². The van der Waals surface area contributed by atoms with Crippen LogP contribution in [0.4, 0.5) is 0 Å². The van der Waals surface area contributed by atoms with Gasteiger partial charge >= 0.3 is 5.97 Å². The molecule has 0 bridgehead atoms. The maximum Gasteiger partial charge on any atom is 0.306 e. The lowest BCUT2D eigenvalue weighted by Gasteiger charge is -2.39. The zero-order valence-corrected chi connectivity index (χ0v) is 9.12. The highest BCUT2D eigenvalue weighted by Crippen LogP contribution is 2.51. The van der Waals surface area contributed by atoms with Gasteiger partial charge in [-0.2, -0.15) is 0 Å². The van der Waals surface area contributed by atoms with E-state index in [-0.39, 0.29) is 5.92 Å². The maximum absolute atomic E-state index is 11.1. The first-order valence-electron chi connectivity index (χ1n) is 5.72. The molecule has 2 saturated carbocycles. The number of carboxylic acids is 1. The van der Waals surface area contributed by atoms with Crippen LogP contribution in [0, 0.1) is 23.2 Å². The van der Waals surface area contributed by atoms with E-state index in [2.05, 4.69) is 13.8 Å². The monoisotopic (exact) mass is 196 g/mol. The van der Waals surface area contributed by atoms with E-state index < -0.39 is 5.97 Å². The second-order valence-electron chi connectivity index (χ2n) is 5.85. The molecule has 0 spiro atoms. The Balaban J connectivity index is 2.08. The van der Waals surface area contributed by atoms with Crippen molar-refractivity contribution in [1.29, 1.82) is 0 Å². The third kappa shape index (κ3) is 1.94. The molecule has 14 heavy (non-hydrogen) atoms. The Morgan fingerprint density at radius 3 is 2.43 bits per heavy atom. The van der Waals surface area contributed by atoms with Gasteiger partial charge in [0.1, 0.15) is 0 Å². The molecular weight excluding hydrogens is 176 g/mol. The topological polar surface area (TPSA) is 37.3 Å². The largest absolute Gasteiger partial charge is 0.481 e. The fraction of sp³-hybridized carbons (Fsp3) is 0.917. The zero-order chi connectivity index (χ0) is 10.3. The van der Waals surface area contributed by atoms with E-state index in [1.807, 2.05) is 0 Å². The Bertz CT molecular complexity index is 241. The molecule has 0 saturated heterocycles. The molecule has 0 aromatic carbocycles. The summed E-state index contributed by atoms with van der Waals surface area (Å²) in [6.07, 6.45) is 5.63. The van der Waals surface area contributed by atoms with Crippen molar-refractivity contribution in [2.75, 3.05) is 0 Å². The van der Waals surface area contributed by atoms with Gasteiger partial charge in [0.15, 0.2) is 0 Å². The van der Waals surface area contributed by atoms with Crippen LogP contribution in [0.25, 0.3) is 0 Å². The molecule has 2 aliphatic rings. The number of hydrogen-bond acceptors (Lipinski definition) is 1. The van der Waals surface area contributed by atoms with Gasteiger partial charge in [0.25, 0.3) is 0 Å². The molecule has 0 amide bonds. The molecule has 2 unspecified atom stereocenters. The number of carbonyl (C=O) groups is 1. The highest BCUT2D eigenvalue weighted by Gasteiger charge is 2.45. The first-order valence-corrected chi connectivity index (χ1v) is 5.72. The van der Waals surface area contributed by atoms with Crippen LogP contribution in [-0.4, -0.2) is 11.1 Å². The third-order valence-corrected chi connectivity index (χ3v) is 3.98. The van der Waals surface area contributed by atoms with Crippen molar-refractivity contribution >= 4 is 5.97 Å². The van der Waals surface area contributed by atoms with Gasteiger partial charge in [-0.05, 0) is 49.4 Å². The average molecular weight is 196 g/mol. The van der Waals surface area contributed by atoms with Crippen molar-refractivity contribution in [3.63, 3.8) is 0 Å². The summed E-state index contributed by atoms with van der Waals surface area (Å²) in [4.78, 5) is 11.1. The van der Waals surface area contributed by atoms with Crippen LogP contribution >= 0.6 is 0 Å². The Hall–Kier alpha value is -0.530. The normalized spacial score (nSPS) is 36.7.